The zero-order chi connectivity index (χ0) is 15.0. The zero-order valence-electron chi connectivity index (χ0n) is 12.8. The van der Waals surface area contributed by atoms with E-state index >= 15 is 0 Å². The van der Waals surface area contributed by atoms with Crippen LogP contribution in [0.1, 0.15) is 20.8 Å². The summed E-state index contributed by atoms with van der Waals surface area (Å²) in [4.78, 5) is 18.8. The molecule has 1 aromatic heterocycles. The molecule has 2 heterocycles. The lowest BCUT2D eigenvalue weighted by atomic mass is 9.96. The molecule has 1 aliphatic rings. The number of fused-ring (bicyclic) bond motifs is 1. The molecule has 0 aliphatic carbocycles. The van der Waals surface area contributed by atoms with Crippen LogP contribution in [0.3, 0.4) is 0 Å². The van der Waals surface area contributed by atoms with Crippen LogP contribution in [0.5, 0.6) is 0 Å². The Morgan fingerprint density at radius 1 is 1.24 bits per heavy atom. The van der Waals surface area contributed by atoms with Crippen LogP contribution < -0.4 is 10.2 Å². The molecular formula is C17H21N3O. The minimum Gasteiger partial charge on any atom is -0.354 e. The van der Waals surface area contributed by atoms with Gasteiger partial charge in [0.05, 0.1) is 5.92 Å². The lowest BCUT2D eigenvalue weighted by Crippen LogP contribution is -2.56. The molecule has 1 amide bonds. The number of nitrogens with one attached hydrogen (secondary N) is 1. The van der Waals surface area contributed by atoms with Crippen molar-refractivity contribution in [3.8, 4) is 0 Å². The number of pyridine rings is 1. The summed E-state index contributed by atoms with van der Waals surface area (Å²) in [6.07, 6.45) is 1.83. The van der Waals surface area contributed by atoms with Crippen molar-refractivity contribution >= 4 is 22.5 Å². The first-order chi connectivity index (χ1) is 9.94. The number of nitrogens with zero attached hydrogens (tertiary/aromatic N) is 2. The van der Waals surface area contributed by atoms with Crippen LogP contribution in [-0.4, -0.2) is 29.5 Å². The van der Waals surface area contributed by atoms with Gasteiger partial charge in [-0.1, -0.05) is 24.3 Å². The predicted molar refractivity (Wildman–Crippen MR) is 85.3 cm³/mol. The smallest absolute Gasteiger partial charge is 0.227 e. The maximum absolute atomic E-state index is 12.1. The molecule has 1 saturated heterocycles. The van der Waals surface area contributed by atoms with Gasteiger partial charge < -0.3 is 10.2 Å². The Morgan fingerprint density at radius 3 is 2.67 bits per heavy atom. The summed E-state index contributed by atoms with van der Waals surface area (Å²) in [5.41, 5.74) is -0.171. The second-order valence-electron chi connectivity index (χ2n) is 6.70. The molecule has 1 N–H and O–H groups in total. The fourth-order valence-electron chi connectivity index (χ4n) is 2.64. The summed E-state index contributed by atoms with van der Waals surface area (Å²) in [6, 6.07) is 10.2. The van der Waals surface area contributed by atoms with Crippen LogP contribution in [0.25, 0.3) is 10.8 Å². The summed E-state index contributed by atoms with van der Waals surface area (Å²) in [5, 5.41) is 5.38. The van der Waals surface area contributed by atoms with Crippen LogP contribution >= 0.6 is 0 Å². The van der Waals surface area contributed by atoms with Crippen molar-refractivity contribution in [1.82, 2.24) is 10.3 Å². The summed E-state index contributed by atoms with van der Waals surface area (Å²) in [7, 11) is 0. The van der Waals surface area contributed by atoms with E-state index < -0.39 is 0 Å². The maximum atomic E-state index is 12.1. The number of hydrogen-bond donors (Lipinski definition) is 1. The minimum atomic E-state index is -0.171. The van der Waals surface area contributed by atoms with Crippen LogP contribution in [-0.2, 0) is 4.79 Å². The molecule has 2 aromatic rings. The molecule has 110 valence electrons. The van der Waals surface area contributed by atoms with Gasteiger partial charge in [0.1, 0.15) is 5.82 Å². The summed E-state index contributed by atoms with van der Waals surface area (Å²) >= 11 is 0. The Labute approximate surface area is 125 Å². The van der Waals surface area contributed by atoms with E-state index in [-0.39, 0.29) is 17.4 Å². The third-order valence-electron chi connectivity index (χ3n) is 3.70. The van der Waals surface area contributed by atoms with Gasteiger partial charge >= 0.3 is 0 Å². The molecule has 0 atom stereocenters. The maximum Gasteiger partial charge on any atom is 0.227 e. The van der Waals surface area contributed by atoms with Gasteiger partial charge in [-0.05, 0) is 32.2 Å². The summed E-state index contributed by atoms with van der Waals surface area (Å²) in [5.74, 6) is 1.18. The Kier molecular flexibility index (Phi) is 3.32. The van der Waals surface area contributed by atoms with Crippen LogP contribution in [0.2, 0.25) is 0 Å². The molecule has 1 aromatic carbocycles. The highest BCUT2D eigenvalue weighted by molar-refractivity contribution is 5.93. The lowest BCUT2D eigenvalue weighted by Gasteiger charge is -2.40. The number of anilines is 1. The molecular weight excluding hydrogens is 262 g/mol. The number of carbonyl (C=O) groups excluding carboxylic acids is 1. The molecule has 3 rings (SSSR count). The first-order valence-electron chi connectivity index (χ1n) is 7.35. The SMILES string of the molecule is CC(C)(C)NC(=O)C1CN(c2nccc3ccccc23)C1. The Balaban J connectivity index is 1.72. The third kappa shape index (κ3) is 2.84. The van der Waals surface area contributed by atoms with E-state index in [1.807, 2.05) is 45.2 Å². The van der Waals surface area contributed by atoms with Crippen molar-refractivity contribution in [1.29, 1.82) is 0 Å². The summed E-state index contributed by atoms with van der Waals surface area (Å²) in [6.45, 7) is 7.50. The van der Waals surface area contributed by atoms with Crippen molar-refractivity contribution in [2.24, 2.45) is 5.92 Å². The number of aromatic nitrogens is 1. The minimum absolute atomic E-state index is 0.0602. The van der Waals surface area contributed by atoms with E-state index in [0.717, 1.165) is 24.3 Å². The van der Waals surface area contributed by atoms with Gasteiger partial charge in [-0.15, -0.1) is 0 Å². The largest absolute Gasteiger partial charge is 0.354 e. The van der Waals surface area contributed by atoms with Gasteiger partial charge in [-0.2, -0.15) is 0 Å². The van der Waals surface area contributed by atoms with Crippen LogP contribution in [0, 0.1) is 5.92 Å². The van der Waals surface area contributed by atoms with Gasteiger partial charge in [0.15, 0.2) is 0 Å². The Bertz CT molecular complexity index is 664. The average Bonchev–Trinajstić information content (AvgIpc) is 2.35. The molecule has 4 nitrogen and oxygen atoms in total. The zero-order valence-corrected chi connectivity index (χ0v) is 12.8. The van der Waals surface area contributed by atoms with Crippen molar-refractivity contribution in [3.05, 3.63) is 36.5 Å². The second-order valence-corrected chi connectivity index (χ2v) is 6.70. The van der Waals surface area contributed by atoms with E-state index in [1.54, 1.807) is 0 Å². The standard InChI is InChI=1S/C17H21N3O/c1-17(2,3)19-16(21)13-10-20(11-13)15-14-7-5-4-6-12(14)8-9-18-15/h4-9,13H,10-11H2,1-3H3,(H,19,21). The highest BCUT2D eigenvalue weighted by atomic mass is 16.2. The molecule has 0 unspecified atom stereocenters. The number of rotatable bonds is 2. The van der Waals surface area contributed by atoms with Crippen molar-refractivity contribution in [2.45, 2.75) is 26.3 Å². The van der Waals surface area contributed by atoms with Gasteiger partial charge in [0.25, 0.3) is 0 Å². The molecule has 1 fully saturated rings. The Morgan fingerprint density at radius 2 is 1.95 bits per heavy atom. The average molecular weight is 283 g/mol. The number of amides is 1. The second kappa shape index (κ2) is 5.02. The third-order valence-corrected chi connectivity index (χ3v) is 3.70. The lowest BCUT2D eigenvalue weighted by molar-refractivity contribution is -0.127. The fraction of sp³-hybridized carbons (Fsp3) is 0.412. The normalized spacial score (nSPS) is 15.9. The van der Waals surface area contributed by atoms with E-state index in [2.05, 4.69) is 27.3 Å². The highest BCUT2D eigenvalue weighted by Crippen LogP contribution is 2.29. The fourth-order valence-corrected chi connectivity index (χ4v) is 2.64. The molecule has 1 aliphatic heterocycles. The predicted octanol–water partition coefficient (Wildman–Crippen LogP) is 2.59. The Hall–Kier alpha value is -2.10. The number of hydrogen-bond acceptors (Lipinski definition) is 3. The monoisotopic (exact) mass is 283 g/mol. The van der Waals surface area contributed by atoms with Gasteiger partial charge in [0, 0.05) is 30.2 Å². The van der Waals surface area contributed by atoms with Gasteiger partial charge in [-0.3, -0.25) is 4.79 Å². The van der Waals surface area contributed by atoms with Gasteiger partial charge in [0.2, 0.25) is 5.91 Å². The molecule has 4 heteroatoms. The molecule has 21 heavy (non-hydrogen) atoms. The molecule has 0 saturated carbocycles. The van der Waals surface area contributed by atoms with Crippen molar-refractivity contribution in [3.63, 3.8) is 0 Å². The summed E-state index contributed by atoms with van der Waals surface area (Å²) < 4.78 is 0. The van der Waals surface area contributed by atoms with Crippen molar-refractivity contribution < 1.29 is 4.79 Å². The van der Waals surface area contributed by atoms with Crippen LogP contribution in [0.15, 0.2) is 36.5 Å². The molecule has 0 radical (unpaired) electrons. The number of carbonyl (C=O) groups is 1. The quantitative estimate of drug-likeness (QED) is 0.921. The van der Waals surface area contributed by atoms with Crippen molar-refractivity contribution in [2.75, 3.05) is 18.0 Å². The topological polar surface area (TPSA) is 45.2 Å². The first kappa shape index (κ1) is 13.9. The van der Waals surface area contributed by atoms with E-state index in [0.29, 0.717) is 0 Å². The van der Waals surface area contributed by atoms with E-state index in [1.165, 1.54) is 5.39 Å². The molecule has 0 bridgehead atoms. The van der Waals surface area contributed by atoms with E-state index in [9.17, 15) is 4.79 Å². The number of benzene rings is 1. The first-order valence-corrected chi connectivity index (χ1v) is 7.35. The van der Waals surface area contributed by atoms with Crippen LogP contribution in [0.4, 0.5) is 5.82 Å². The van der Waals surface area contributed by atoms with Gasteiger partial charge in [-0.25, -0.2) is 4.98 Å². The molecule has 0 spiro atoms. The van der Waals surface area contributed by atoms with E-state index in [4.69, 9.17) is 0 Å². The highest BCUT2D eigenvalue weighted by Gasteiger charge is 2.35.